The summed E-state index contributed by atoms with van der Waals surface area (Å²) >= 11 is 1.47. The second-order valence-corrected chi connectivity index (χ2v) is 6.22. The Balaban J connectivity index is 2.11. The quantitative estimate of drug-likeness (QED) is 0.908. The number of rotatable bonds is 5. The first kappa shape index (κ1) is 15.6. The maximum Gasteiger partial charge on any atom is 0.240 e. The summed E-state index contributed by atoms with van der Waals surface area (Å²) in [5, 5.41) is 4.81. The Morgan fingerprint density at radius 2 is 2.05 bits per heavy atom. The monoisotopic (exact) mass is 304 g/mol. The summed E-state index contributed by atoms with van der Waals surface area (Å²) in [4.78, 5) is 25.7. The molecule has 0 fully saturated rings. The van der Waals surface area contributed by atoms with Crippen molar-refractivity contribution in [2.24, 2.45) is 5.92 Å². The Morgan fingerprint density at radius 3 is 2.71 bits per heavy atom. The van der Waals surface area contributed by atoms with Crippen molar-refractivity contribution in [3.05, 3.63) is 41.3 Å². The first-order valence-corrected chi connectivity index (χ1v) is 8.07. The van der Waals surface area contributed by atoms with Crippen LogP contribution in [-0.4, -0.2) is 35.6 Å². The largest absolute Gasteiger partial charge is 0.354 e. The Hall–Kier alpha value is -1.75. The van der Waals surface area contributed by atoms with Gasteiger partial charge in [0.25, 0.3) is 0 Å². The molecule has 0 saturated carbocycles. The van der Waals surface area contributed by atoms with E-state index in [1.165, 1.54) is 11.8 Å². The lowest BCUT2D eigenvalue weighted by molar-refractivity contribution is -0.131. The number of hydrogen-bond acceptors (Lipinski definition) is 3. The first-order chi connectivity index (χ1) is 10.1. The smallest absolute Gasteiger partial charge is 0.240 e. The second-order valence-electron chi connectivity index (χ2n) is 5.36. The van der Waals surface area contributed by atoms with Crippen LogP contribution in [0.5, 0.6) is 0 Å². The fourth-order valence-electron chi connectivity index (χ4n) is 1.99. The Bertz CT molecular complexity index is 540. The van der Waals surface area contributed by atoms with Gasteiger partial charge in [-0.05, 0) is 16.9 Å². The van der Waals surface area contributed by atoms with E-state index in [4.69, 9.17) is 0 Å². The van der Waals surface area contributed by atoms with Gasteiger partial charge in [0.05, 0.1) is 11.4 Å². The Labute approximate surface area is 129 Å². The molecule has 1 aliphatic rings. The number of nitrogens with one attached hydrogen (secondary N) is 1. The maximum atomic E-state index is 12.1. The molecule has 0 spiro atoms. The molecular weight excluding hydrogens is 284 g/mol. The van der Waals surface area contributed by atoms with Crippen molar-refractivity contribution in [2.75, 3.05) is 18.8 Å². The van der Waals surface area contributed by atoms with Crippen molar-refractivity contribution in [1.82, 2.24) is 10.2 Å². The Morgan fingerprint density at radius 1 is 1.33 bits per heavy atom. The van der Waals surface area contributed by atoms with Crippen molar-refractivity contribution in [1.29, 1.82) is 0 Å². The number of thioether (sulfide) groups is 1. The lowest BCUT2D eigenvalue weighted by Crippen LogP contribution is -2.42. The summed E-state index contributed by atoms with van der Waals surface area (Å²) in [5.41, 5.74) is 1.76. The molecule has 5 heteroatoms. The molecule has 0 saturated heterocycles. The van der Waals surface area contributed by atoms with E-state index in [2.05, 4.69) is 5.32 Å². The molecule has 4 nitrogen and oxygen atoms in total. The molecule has 1 aliphatic heterocycles. The zero-order chi connectivity index (χ0) is 15.2. The zero-order valence-corrected chi connectivity index (χ0v) is 13.2. The predicted molar refractivity (Wildman–Crippen MR) is 86.4 cm³/mol. The van der Waals surface area contributed by atoms with Crippen molar-refractivity contribution in [2.45, 2.75) is 13.8 Å². The number of nitrogens with zero attached hydrogens (tertiary/aromatic N) is 1. The third kappa shape index (κ3) is 4.36. The van der Waals surface area contributed by atoms with Crippen LogP contribution in [0, 0.1) is 5.92 Å². The van der Waals surface area contributed by atoms with Crippen LogP contribution < -0.4 is 5.32 Å². The van der Waals surface area contributed by atoms with Crippen LogP contribution in [0.4, 0.5) is 0 Å². The molecule has 0 aromatic heterocycles. The lowest BCUT2D eigenvalue weighted by atomic mass is 10.1. The normalized spacial score (nSPS) is 15.1. The van der Waals surface area contributed by atoms with Crippen LogP contribution in [-0.2, 0) is 9.59 Å². The van der Waals surface area contributed by atoms with Crippen LogP contribution in [0.1, 0.15) is 19.4 Å². The number of carbonyl (C=O) groups excluding carboxylic acids is 2. The third-order valence-electron chi connectivity index (χ3n) is 3.07. The molecule has 1 heterocycles. The van der Waals surface area contributed by atoms with E-state index in [-0.39, 0.29) is 18.4 Å². The minimum atomic E-state index is -0.120. The van der Waals surface area contributed by atoms with Crippen LogP contribution in [0.3, 0.4) is 0 Å². The molecule has 0 bridgehead atoms. The van der Waals surface area contributed by atoms with Gasteiger partial charge >= 0.3 is 0 Å². The minimum absolute atomic E-state index is 0.0268. The van der Waals surface area contributed by atoms with E-state index in [9.17, 15) is 9.59 Å². The molecule has 112 valence electrons. The van der Waals surface area contributed by atoms with Crippen LogP contribution in [0.25, 0.3) is 5.70 Å². The molecule has 0 radical (unpaired) electrons. The molecule has 0 unspecified atom stereocenters. The number of benzene rings is 1. The van der Waals surface area contributed by atoms with Gasteiger partial charge in [-0.2, -0.15) is 0 Å². The molecular formula is C16H20N2O2S. The topological polar surface area (TPSA) is 49.4 Å². The van der Waals surface area contributed by atoms with Gasteiger partial charge in [-0.25, -0.2) is 0 Å². The molecule has 2 rings (SSSR count). The van der Waals surface area contributed by atoms with Crippen molar-refractivity contribution in [3.63, 3.8) is 0 Å². The van der Waals surface area contributed by atoms with Gasteiger partial charge in [0.1, 0.15) is 6.54 Å². The molecule has 1 N–H and O–H groups in total. The summed E-state index contributed by atoms with van der Waals surface area (Å²) in [5.74, 6) is 0.630. The van der Waals surface area contributed by atoms with Gasteiger partial charge in [-0.1, -0.05) is 44.2 Å². The third-order valence-corrected chi connectivity index (χ3v) is 3.88. The van der Waals surface area contributed by atoms with Gasteiger partial charge in [0, 0.05) is 6.54 Å². The highest BCUT2D eigenvalue weighted by Crippen LogP contribution is 2.27. The van der Waals surface area contributed by atoms with Gasteiger partial charge in [0.15, 0.2) is 0 Å². The zero-order valence-electron chi connectivity index (χ0n) is 12.3. The van der Waals surface area contributed by atoms with Crippen molar-refractivity contribution >= 4 is 29.3 Å². The molecule has 2 amide bonds. The van der Waals surface area contributed by atoms with Crippen LogP contribution in [0.15, 0.2) is 35.7 Å². The summed E-state index contributed by atoms with van der Waals surface area (Å²) in [6, 6.07) is 9.68. The van der Waals surface area contributed by atoms with E-state index in [1.54, 1.807) is 4.90 Å². The Kier molecular flexibility index (Phi) is 5.44. The molecule has 1 aromatic carbocycles. The molecule has 21 heavy (non-hydrogen) atoms. The van der Waals surface area contributed by atoms with E-state index in [0.29, 0.717) is 18.2 Å². The van der Waals surface area contributed by atoms with Crippen LogP contribution >= 0.6 is 11.8 Å². The molecule has 0 aliphatic carbocycles. The second kappa shape index (κ2) is 7.31. The van der Waals surface area contributed by atoms with E-state index < -0.39 is 0 Å². The van der Waals surface area contributed by atoms with E-state index in [0.717, 1.165) is 11.3 Å². The highest BCUT2D eigenvalue weighted by molar-refractivity contribution is 8.03. The van der Waals surface area contributed by atoms with Gasteiger partial charge in [-0.15, -0.1) is 11.8 Å². The number of amides is 2. The fraction of sp³-hybridized carbons (Fsp3) is 0.375. The van der Waals surface area contributed by atoms with Crippen LogP contribution in [0.2, 0.25) is 0 Å². The van der Waals surface area contributed by atoms with Crippen molar-refractivity contribution < 1.29 is 9.59 Å². The lowest BCUT2D eigenvalue weighted by Gasteiger charge is -2.28. The summed E-state index contributed by atoms with van der Waals surface area (Å²) in [6.07, 6.45) is 0. The highest BCUT2D eigenvalue weighted by atomic mass is 32.2. The average Bonchev–Trinajstić information content (AvgIpc) is 2.48. The van der Waals surface area contributed by atoms with Crippen molar-refractivity contribution in [3.8, 4) is 0 Å². The van der Waals surface area contributed by atoms with Gasteiger partial charge < -0.3 is 10.2 Å². The SMILES string of the molecule is CC(C)CNC(=O)CN1C(=O)CSC=C1c1ccccc1. The summed E-state index contributed by atoms with van der Waals surface area (Å²) in [6.45, 7) is 4.78. The minimum Gasteiger partial charge on any atom is -0.354 e. The molecule has 1 aromatic rings. The highest BCUT2D eigenvalue weighted by Gasteiger charge is 2.25. The summed E-state index contributed by atoms with van der Waals surface area (Å²) < 4.78 is 0. The molecule has 0 atom stereocenters. The van der Waals surface area contributed by atoms with E-state index >= 15 is 0 Å². The number of carbonyl (C=O) groups is 2. The summed E-state index contributed by atoms with van der Waals surface area (Å²) in [7, 11) is 0. The van der Waals surface area contributed by atoms with Gasteiger partial charge in [-0.3, -0.25) is 9.59 Å². The standard InChI is InChI=1S/C16H20N2O2S/c1-12(2)8-17-15(19)9-18-14(10-21-11-16(18)20)13-6-4-3-5-7-13/h3-7,10,12H,8-9,11H2,1-2H3,(H,17,19). The van der Waals surface area contributed by atoms with E-state index in [1.807, 2.05) is 49.6 Å². The fourth-order valence-corrected chi connectivity index (χ4v) is 2.79. The predicted octanol–water partition coefficient (Wildman–Crippen LogP) is 2.33. The average molecular weight is 304 g/mol. The number of hydrogen-bond donors (Lipinski definition) is 1. The van der Waals surface area contributed by atoms with Gasteiger partial charge in [0.2, 0.25) is 11.8 Å². The maximum absolute atomic E-state index is 12.1. The first-order valence-electron chi connectivity index (χ1n) is 7.02.